The van der Waals surface area contributed by atoms with Crippen LogP contribution in [0.3, 0.4) is 0 Å². The molecule has 1 N–H and O–H groups in total. The molecule has 1 spiro atoms. The highest BCUT2D eigenvalue weighted by molar-refractivity contribution is 8.02. The van der Waals surface area contributed by atoms with Crippen LogP contribution in [-0.2, 0) is 20.8 Å². The van der Waals surface area contributed by atoms with E-state index in [2.05, 4.69) is 20.1 Å². The summed E-state index contributed by atoms with van der Waals surface area (Å²) in [5, 5.41) is 11.2. The molecule has 3 saturated heterocycles. The summed E-state index contributed by atoms with van der Waals surface area (Å²) >= 11 is 8.39. The number of nitrogens with zero attached hydrogens (tertiary/aromatic N) is 3. The maximum atomic E-state index is 15.4. The minimum absolute atomic E-state index is 0.0724. The lowest BCUT2D eigenvalue weighted by Crippen LogP contribution is -2.60. The summed E-state index contributed by atoms with van der Waals surface area (Å²) in [6, 6.07) is 20.8. The molecule has 3 unspecified atom stereocenters. The van der Waals surface area contributed by atoms with Crippen molar-refractivity contribution >= 4 is 52.5 Å². The van der Waals surface area contributed by atoms with E-state index in [-0.39, 0.29) is 48.6 Å². The summed E-state index contributed by atoms with van der Waals surface area (Å²) in [4.78, 5) is 50.4. The van der Waals surface area contributed by atoms with Crippen molar-refractivity contribution in [2.24, 2.45) is 17.8 Å². The van der Waals surface area contributed by atoms with Crippen LogP contribution in [0.2, 0.25) is 5.02 Å². The number of aryl methyl sites for hydroxylation is 1. The molecular weight excluding hydrogens is 682 g/mol. The van der Waals surface area contributed by atoms with Gasteiger partial charge in [0.15, 0.2) is 0 Å². The Morgan fingerprint density at radius 3 is 2.35 bits per heavy atom. The van der Waals surface area contributed by atoms with E-state index >= 15 is 9.59 Å². The SMILES string of the molecule is C=CCN(C(=O)[C@@H]1[C@@H]2CC(C)C3(S2)C(C(=O)N(CC=C)c2c(C)cccc2Cl)N([C@@H](CO)Cc2ccccc2)C(=O)[C@H]13)c1ccc(OCC)cc1. The average molecular weight is 728 g/mol. The summed E-state index contributed by atoms with van der Waals surface area (Å²) in [6.07, 6.45) is 4.35. The number of hydrogen-bond donors (Lipinski definition) is 1. The Morgan fingerprint density at radius 2 is 1.73 bits per heavy atom. The number of aliphatic hydroxyl groups excluding tert-OH is 1. The van der Waals surface area contributed by atoms with E-state index in [4.69, 9.17) is 16.3 Å². The fourth-order valence-corrected chi connectivity index (χ4v) is 11.3. The number of hydrogen-bond acceptors (Lipinski definition) is 6. The number of rotatable bonds is 14. The van der Waals surface area contributed by atoms with Crippen LogP contribution in [0.4, 0.5) is 11.4 Å². The number of aliphatic hydroxyl groups is 1. The lowest BCUT2D eigenvalue weighted by molar-refractivity contribution is -0.141. The number of benzene rings is 3. The van der Waals surface area contributed by atoms with E-state index in [1.807, 2.05) is 80.6 Å². The number of carbonyl (C=O) groups excluding carboxylic acids is 3. The highest BCUT2D eigenvalue weighted by atomic mass is 35.5. The van der Waals surface area contributed by atoms with Crippen LogP contribution in [-0.4, -0.2) is 76.1 Å². The number of thioether (sulfide) groups is 1. The maximum Gasteiger partial charge on any atom is 0.251 e. The summed E-state index contributed by atoms with van der Waals surface area (Å²) in [6.45, 7) is 14.4. The molecule has 0 aliphatic carbocycles. The second kappa shape index (κ2) is 15.3. The molecule has 2 bridgehead atoms. The molecule has 3 heterocycles. The fraction of sp³-hybridized carbons (Fsp3) is 0.390. The zero-order chi connectivity index (χ0) is 36.4. The van der Waals surface area contributed by atoms with Crippen molar-refractivity contribution in [3.63, 3.8) is 0 Å². The van der Waals surface area contributed by atoms with E-state index < -0.39 is 28.7 Å². The number of amides is 3. The van der Waals surface area contributed by atoms with E-state index in [0.717, 1.165) is 11.1 Å². The van der Waals surface area contributed by atoms with Crippen LogP contribution in [0.15, 0.2) is 98.1 Å². The zero-order valence-corrected chi connectivity index (χ0v) is 31.0. The number of likely N-dealkylation sites (tertiary alicyclic amines) is 1. The van der Waals surface area contributed by atoms with E-state index in [0.29, 0.717) is 41.6 Å². The van der Waals surface area contributed by atoms with Gasteiger partial charge in [0.2, 0.25) is 11.8 Å². The third kappa shape index (κ3) is 6.38. The minimum atomic E-state index is -0.965. The van der Waals surface area contributed by atoms with Gasteiger partial charge in [-0.1, -0.05) is 73.1 Å². The van der Waals surface area contributed by atoms with Gasteiger partial charge in [-0.25, -0.2) is 0 Å². The highest BCUT2D eigenvalue weighted by Gasteiger charge is 2.77. The Balaban J connectivity index is 1.47. The van der Waals surface area contributed by atoms with Gasteiger partial charge in [-0.15, -0.1) is 24.9 Å². The van der Waals surface area contributed by atoms with Crippen LogP contribution in [0.5, 0.6) is 5.75 Å². The quantitative estimate of drug-likeness (QED) is 0.186. The predicted molar refractivity (Wildman–Crippen MR) is 205 cm³/mol. The summed E-state index contributed by atoms with van der Waals surface area (Å²) < 4.78 is 4.72. The van der Waals surface area contributed by atoms with Crippen molar-refractivity contribution in [2.45, 2.75) is 55.7 Å². The van der Waals surface area contributed by atoms with E-state index in [1.165, 1.54) is 0 Å². The lowest BCUT2D eigenvalue weighted by atomic mass is 9.65. The van der Waals surface area contributed by atoms with Gasteiger partial charge in [-0.2, -0.15) is 0 Å². The third-order valence-electron chi connectivity index (χ3n) is 10.7. The van der Waals surface area contributed by atoms with Gasteiger partial charge in [-0.3, -0.25) is 14.4 Å². The fourth-order valence-electron chi connectivity index (χ4n) is 8.61. The Labute approximate surface area is 310 Å². The van der Waals surface area contributed by atoms with Crippen LogP contribution in [0.25, 0.3) is 0 Å². The topological polar surface area (TPSA) is 90.4 Å². The van der Waals surface area contributed by atoms with Gasteiger partial charge < -0.3 is 24.5 Å². The molecule has 0 aromatic heterocycles. The molecule has 10 heteroatoms. The number of carbonyl (C=O) groups is 3. The molecular formula is C41H46ClN3O5S. The first-order chi connectivity index (χ1) is 24.6. The summed E-state index contributed by atoms with van der Waals surface area (Å²) in [5.74, 6) is -1.59. The van der Waals surface area contributed by atoms with Crippen LogP contribution < -0.4 is 14.5 Å². The number of fused-ring (bicyclic) bond motifs is 1. The molecule has 3 aliphatic heterocycles. The van der Waals surface area contributed by atoms with E-state index in [9.17, 15) is 9.90 Å². The van der Waals surface area contributed by atoms with Crippen molar-refractivity contribution in [1.29, 1.82) is 0 Å². The van der Waals surface area contributed by atoms with Crippen molar-refractivity contribution in [3.05, 3.63) is 114 Å². The Bertz CT molecular complexity index is 1770. The van der Waals surface area contributed by atoms with Gasteiger partial charge in [-0.05, 0) is 74.1 Å². The van der Waals surface area contributed by atoms with Crippen molar-refractivity contribution in [2.75, 3.05) is 36.1 Å². The molecule has 3 aliphatic rings. The normalized spacial score (nSPS) is 25.3. The first-order valence-electron chi connectivity index (χ1n) is 17.6. The highest BCUT2D eigenvalue weighted by Crippen LogP contribution is 2.69. The maximum absolute atomic E-state index is 15.4. The molecule has 6 rings (SSSR count). The van der Waals surface area contributed by atoms with Crippen LogP contribution in [0.1, 0.15) is 31.4 Å². The van der Waals surface area contributed by atoms with Crippen LogP contribution in [0, 0.1) is 24.7 Å². The van der Waals surface area contributed by atoms with Crippen LogP contribution >= 0.6 is 23.4 Å². The molecule has 3 aromatic carbocycles. The van der Waals surface area contributed by atoms with Gasteiger partial charge in [0.05, 0.1) is 46.5 Å². The monoisotopic (exact) mass is 727 g/mol. The number of halogens is 1. The molecule has 3 amide bonds. The number of ether oxygens (including phenoxy) is 1. The van der Waals surface area contributed by atoms with Gasteiger partial charge in [0.25, 0.3) is 5.91 Å². The number of anilines is 2. The molecule has 0 saturated carbocycles. The van der Waals surface area contributed by atoms with E-state index in [1.54, 1.807) is 44.7 Å². The number of para-hydroxylation sites is 1. The van der Waals surface area contributed by atoms with Gasteiger partial charge >= 0.3 is 0 Å². The standard InChI is InChI=1S/C41H46ClN3O5S/c1-6-21-43(29-17-19-31(20-18-29)50-8-3)38(47)34-33-23-27(5)41(51-33)35(34)39(48)45(30(25-46)24-28-14-10-9-11-15-28)37(41)40(49)44(22-7-2)36-26(4)13-12-16-32(36)42/h6-7,9-20,27,30,33-35,37,46H,1-2,8,21-25H2,3-5H3/t27?,30-,33+,34-,35+,37?,41?/m1/s1. The van der Waals surface area contributed by atoms with Gasteiger partial charge in [0, 0.05) is 24.0 Å². The largest absolute Gasteiger partial charge is 0.494 e. The smallest absolute Gasteiger partial charge is 0.251 e. The van der Waals surface area contributed by atoms with Gasteiger partial charge in [0.1, 0.15) is 11.8 Å². The average Bonchev–Trinajstić information content (AvgIpc) is 3.73. The molecule has 3 aromatic rings. The second-order valence-corrected chi connectivity index (χ2v) is 15.6. The Morgan fingerprint density at radius 1 is 1.04 bits per heavy atom. The zero-order valence-electron chi connectivity index (χ0n) is 29.4. The molecule has 0 radical (unpaired) electrons. The first-order valence-corrected chi connectivity index (χ1v) is 18.9. The molecule has 7 atom stereocenters. The summed E-state index contributed by atoms with van der Waals surface area (Å²) in [5.41, 5.74) is 2.98. The first kappa shape index (κ1) is 36.7. The minimum Gasteiger partial charge on any atom is -0.494 e. The van der Waals surface area contributed by atoms with Crippen molar-refractivity contribution < 1.29 is 24.2 Å². The molecule has 3 fully saturated rings. The molecule has 51 heavy (non-hydrogen) atoms. The Hall–Kier alpha value is -4.05. The van der Waals surface area contributed by atoms with Crippen molar-refractivity contribution in [1.82, 2.24) is 4.90 Å². The predicted octanol–water partition coefficient (Wildman–Crippen LogP) is 6.73. The Kier molecular flexibility index (Phi) is 11.0. The third-order valence-corrected chi connectivity index (χ3v) is 13.1. The summed E-state index contributed by atoms with van der Waals surface area (Å²) in [7, 11) is 0. The van der Waals surface area contributed by atoms with Crippen molar-refractivity contribution in [3.8, 4) is 5.75 Å². The molecule has 268 valence electrons. The second-order valence-electron chi connectivity index (χ2n) is 13.6. The lowest BCUT2D eigenvalue weighted by Gasteiger charge is -2.42. The molecule has 8 nitrogen and oxygen atoms in total.